The molecule has 1 aromatic carbocycles. The van der Waals surface area contributed by atoms with E-state index in [1.165, 1.54) is 6.07 Å². The summed E-state index contributed by atoms with van der Waals surface area (Å²) in [4.78, 5) is 2.44. The van der Waals surface area contributed by atoms with Crippen molar-refractivity contribution in [2.24, 2.45) is 0 Å². The van der Waals surface area contributed by atoms with E-state index in [1.54, 1.807) is 12.1 Å². The van der Waals surface area contributed by atoms with Gasteiger partial charge in [0.05, 0.1) is 19.5 Å². The van der Waals surface area contributed by atoms with Crippen LogP contribution in [0.5, 0.6) is 5.75 Å². The van der Waals surface area contributed by atoms with Gasteiger partial charge in [-0.3, -0.25) is 9.45 Å². The third-order valence-electron chi connectivity index (χ3n) is 4.04. The summed E-state index contributed by atoms with van der Waals surface area (Å²) in [5, 5.41) is 0. The second-order valence-corrected chi connectivity index (χ2v) is 7.71. The van der Waals surface area contributed by atoms with Gasteiger partial charge < -0.3 is 9.47 Å². The van der Waals surface area contributed by atoms with Crippen molar-refractivity contribution in [2.75, 3.05) is 26.0 Å². The van der Waals surface area contributed by atoms with Crippen LogP contribution in [0.15, 0.2) is 18.2 Å². The molecule has 6 nitrogen and oxygen atoms in total. The molecule has 0 unspecified atom stereocenters. The Morgan fingerprint density at radius 3 is 2.62 bits per heavy atom. The van der Waals surface area contributed by atoms with Gasteiger partial charge in [-0.1, -0.05) is 0 Å². The number of benzene rings is 1. The van der Waals surface area contributed by atoms with Crippen molar-refractivity contribution in [3.05, 3.63) is 29.6 Å². The molecule has 1 aromatic rings. The fraction of sp³-hybridized carbons (Fsp3) is 0.625. The van der Waals surface area contributed by atoms with E-state index in [1.807, 2.05) is 0 Å². The first kappa shape index (κ1) is 19.1. The van der Waals surface area contributed by atoms with Gasteiger partial charge in [-0.15, -0.1) is 0 Å². The van der Waals surface area contributed by atoms with Crippen molar-refractivity contribution in [3.8, 4) is 5.75 Å². The van der Waals surface area contributed by atoms with Gasteiger partial charge in [0.25, 0.3) is 10.1 Å². The monoisotopic (exact) mass is 361 g/mol. The normalized spacial score (nSPS) is 24.1. The van der Waals surface area contributed by atoms with E-state index in [4.69, 9.17) is 14.0 Å². The second kappa shape index (κ2) is 7.77. The summed E-state index contributed by atoms with van der Waals surface area (Å²) in [6, 6.07) is 5.46. The molecule has 0 spiro atoms. The Morgan fingerprint density at radius 1 is 1.33 bits per heavy atom. The average Bonchev–Trinajstić information content (AvgIpc) is 2.64. The molecule has 1 N–H and O–H groups in total. The molecule has 0 saturated carbocycles. The zero-order valence-electron chi connectivity index (χ0n) is 14.1. The predicted molar refractivity (Wildman–Crippen MR) is 88.3 cm³/mol. The SMILES string of the molecule is CC(C)N1CCO[C@@H]2c3cc(F)ccc3OCC[C@H]21.CS(=O)(=O)O. The summed E-state index contributed by atoms with van der Waals surface area (Å²) in [7, 11) is -3.67. The number of hydrogen-bond donors (Lipinski definition) is 1. The second-order valence-electron chi connectivity index (χ2n) is 6.24. The number of halogens is 1. The highest BCUT2D eigenvalue weighted by molar-refractivity contribution is 7.85. The van der Waals surface area contributed by atoms with Gasteiger partial charge in [0.2, 0.25) is 0 Å². The standard InChI is InChI=1S/C15H20FNO2.CH4O3S/c1-10(2)17-6-8-19-15-12-9-11(16)3-4-14(12)18-7-5-13(15)17;1-5(2,3)4/h3-4,9-10,13,15H,5-8H2,1-2H3;1H3,(H,2,3,4)/t13-,15-;/m1./s1. The number of rotatable bonds is 1. The van der Waals surface area contributed by atoms with Crippen LogP contribution in [0, 0.1) is 5.82 Å². The minimum Gasteiger partial charge on any atom is -0.493 e. The fourth-order valence-electron chi connectivity index (χ4n) is 3.15. The molecule has 0 radical (unpaired) electrons. The lowest BCUT2D eigenvalue weighted by Gasteiger charge is -2.42. The van der Waals surface area contributed by atoms with Crippen molar-refractivity contribution in [1.82, 2.24) is 4.90 Å². The number of morpholine rings is 1. The number of nitrogens with zero attached hydrogens (tertiary/aromatic N) is 1. The first-order chi connectivity index (χ1) is 11.2. The lowest BCUT2D eigenvalue weighted by atomic mass is 9.96. The lowest BCUT2D eigenvalue weighted by molar-refractivity contribution is -0.0852. The van der Waals surface area contributed by atoms with Crippen LogP contribution in [-0.2, 0) is 14.9 Å². The van der Waals surface area contributed by atoms with Crippen LogP contribution >= 0.6 is 0 Å². The van der Waals surface area contributed by atoms with E-state index in [-0.39, 0.29) is 18.0 Å². The van der Waals surface area contributed by atoms with E-state index in [0.29, 0.717) is 25.5 Å². The Kier molecular flexibility index (Phi) is 6.19. The number of hydrogen-bond acceptors (Lipinski definition) is 5. The molecule has 1 saturated heterocycles. The van der Waals surface area contributed by atoms with Gasteiger partial charge in [0, 0.05) is 24.2 Å². The fourth-order valence-corrected chi connectivity index (χ4v) is 3.15. The Labute approximate surface area is 142 Å². The van der Waals surface area contributed by atoms with Crippen LogP contribution < -0.4 is 4.74 Å². The predicted octanol–water partition coefficient (Wildman–Crippen LogP) is 2.26. The molecule has 2 atom stereocenters. The van der Waals surface area contributed by atoms with Gasteiger partial charge in [0.15, 0.2) is 0 Å². The molecule has 0 amide bonds. The quantitative estimate of drug-likeness (QED) is 0.774. The average molecular weight is 361 g/mol. The number of ether oxygens (including phenoxy) is 2. The molecule has 136 valence electrons. The Balaban J connectivity index is 0.000000368. The molecule has 2 heterocycles. The summed E-state index contributed by atoms with van der Waals surface area (Å²) in [6.07, 6.45) is 1.55. The Morgan fingerprint density at radius 2 is 2.00 bits per heavy atom. The lowest BCUT2D eigenvalue weighted by Crippen LogP contribution is -2.50. The van der Waals surface area contributed by atoms with Crippen molar-refractivity contribution >= 4 is 10.1 Å². The van der Waals surface area contributed by atoms with Crippen LogP contribution in [-0.4, -0.2) is 56.0 Å². The maximum absolute atomic E-state index is 13.5. The third kappa shape index (κ3) is 5.14. The van der Waals surface area contributed by atoms with Gasteiger partial charge in [-0.2, -0.15) is 8.42 Å². The molecule has 1 fully saturated rings. The van der Waals surface area contributed by atoms with Gasteiger partial charge >= 0.3 is 0 Å². The molecule has 0 aliphatic carbocycles. The molecule has 8 heteroatoms. The smallest absolute Gasteiger partial charge is 0.261 e. The van der Waals surface area contributed by atoms with Crippen molar-refractivity contribution in [3.63, 3.8) is 0 Å². The van der Waals surface area contributed by atoms with E-state index < -0.39 is 10.1 Å². The molecular weight excluding hydrogens is 337 g/mol. The first-order valence-corrected chi connectivity index (χ1v) is 9.73. The Bertz CT molecular complexity index is 656. The van der Waals surface area contributed by atoms with Crippen LogP contribution in [0.3, 0.4) is 0 Å². The molecule has 2 aliphatic heterocycles. The third-order valence-corrected chi connectivity index (χ3v) is 4.04. The highest BCUT2D eigenvalue weighted by atomic mass is 32.2. The molecular formula is C16H24FNO5S. The van der Waals surface area contributed by atoms with E-state index in [0.717, 1.165) is 24.3 Å². The van der Waals surface area contributed by atoms with Crippen LogP contribution in [0.1, 0.15) is 31.9 Å². The van der Waals surface area contributed by atoms with E-state index in [9.17, 15) is 12.8 Å². The highest BCUT2D eigenvalue weighted by Gasteiger charge is 2.37. The highest BCUT2D eigenvalue weighted by Crippen LogP contribution is 2.39. The minimum absolute atomic E-state index is 0.0793. The van der Waals surface area contributed by atoms with Crippen molar-refractivity contribution in [2.45, 2.75) is 38.5 Å². The number of fused-ring (bicyclic) bond motifs is 3. The van der Waals surface area contributed by atoms with Crippen molar-refractivity contribution < 1.29 is 26.8 Å². The molecule has 2 aliphatic rings. The van der Waals surface area contributed by atoms with Crippen LogP contribution in [0.4, 0.5) is 4.39 Å². The van der Waals surface area contributed by atoms with E-state index >= 15 is 0 Å². The maximum Gasteiger partial charge on any atom is 0.261 e. The minimum atomic E-state index is -3.67. The summed E-state index contributed by atoms with van der Waals surface area (Å²) < 4.78 is 51.1. The summed E-state index contributed by atoms with van der Waals surface area (Å²) in [5.41, 5.74) is 0.854. The summed E-state index contributed by atoms with van der Waals surface area (Å²) in [6.45, 7) is 6.67. The van der Waals surface area contributed by atoms with E-state index in [2.05, 4.69) is 18.7 Å². The maximum atomic E-state index is 13.5. The van der Waals surface area contributed by atoms with Gasteiger partial charge in [0.1, 0.15) is 17.7 Å². The van der Waals surface area contributed by atoms with Gasteiger partial charge in [-0.25, -0.2) is 4.39 Å². The van der Waals surface area contributed by atoms with Crippen LogP contribution in [0.25, 0.3) is 0 Å². The topological polar surface area (TPSA) is 76.1 Å². The van der Waals surface area contributed by atoms with Gasteiger partial charge in [-0.05, 0) is 38.5 Å². The van der Waals surface area contributed by atoms with Crippen LogP contribution in [0.2, 0.25) is 0 Å². The molecule has 3 rings (SSSR count). The first-order valence-electron chi connectivity index (χ1n) is 7.89. The Hall–Kier alpha value is -1.22. The molecule has 0 aromatic heterocycles. The largest absolute Gasteiger partial charge is 0.493 e. The molecule has 0 bridgehead atoms. The zero-order chi connectivity index (χ0) is 17.9. The summed E-state index contributed by atoms with van der Waals surface area (Å²) >= 11 is 0. The zero-order valence-corrected chi connectivity index (χ0v) is 14.9. The summed E-state index contributed by atoms with van der Waals surface area (Å²) in [5.74, 6) is 0.535. The molecule has 24 heavy (non-hydrogen) atoms. The van der Waals surface area contributed by atoms with Crippen molar-refractivity contribution in [1.29, 1.82) is 0 Å².